The summed E-state index contributed by atoms with van der Waals surface area (Å²) in [4.78, 5) is 8.81. The van der Waals surface area contributed by atoms with Gasteiger partial charge in [-0.05, 0) is 26.2 Å². The van der Waals surface area contributed by atoms with Crippen molar-refractivity contribution in [3.8, 4) is 5.88 Å². The summed E-state index contributed by atoms with van der Waals surface area (Å²) >= 11 is 0. The van der Waals surface area contributed by atoms with Crippen LogP contribution >= 0.6 is 0 Å². The van der Waals surface area contributed by atoms with E-state index < -0.39 is 0 Å². The van der Waals surface area contributed by atoms with Crippen molar-refractivity contribution < 1.29 is 4.74 Å². The number of hydrogen-bond acceptors (Lipinski definition) is 4. The molecule has 1 aliphatic rings. The molecule has 2 rings (SSSR count). The molecule has 1 saturated carbocycles. The van der Waals surface area contributed by atoms with Gasteiger partial charge in [0.2, 0.25) is 5.88 Å². The van der Waals surface area contributed by atoms with Gasteiger partial charge in [-0.2, -0.15) is 4.98 Å². The van der Waals surface area contributed by atoms with Crippen molar-refractivity contribution in [2.45, 2.75) is 51.9 Å². The summed E-state index contributed by atoms with van der Waals surface area (Å²) < 4.78 is 5.71. The Kier molecular flexibility index (Phi) is 3.82. The molecule has 0 atom stereocenters. The van der Waals surface area contributed by atoms with E-state index in [4.69, 9.17) is 10.5 Å². The SMILES string of the molecule is CCCCCOc1nc(C2CC2)nc(N)c1C. The van der Waals surface area contributed by atoms with E-state index in [-0.39, 0.29) is 0 Å². The number of ether oxygens (including phenoxy) is 1. The van der Waals surface area contributed by atoms with Gasteiger partial charge in [-0.3, -0.25) is 0 Å². The maximum absolute atomic E-state index is 5.89. The van der Waals surface area contributed by atoms with Crippen LogP contribution in [0.15, 0.2) is 0 Å². The molecule has 1 aromatic rings. The van der Waals surface area contributed by atoms with Gasteiger partial charge in [0.25, 0.3) is 0 Å². The van der Waals surface area contributed by atoms with Gasteiger partial charge in [0, 0.05) is 5.92 Å². The van der Waals surface area contributed by atoms with E-state index in [1.165, 1.54) is 25.7 Å². The average Bonchev–Trinajstić information content (AvgIpc) is 3.13. The molecule has 0 aliphatic heterocycles. The molecule has 0 amide bonds. The Morgan fingerprint density at radius 3 is 2.71 bits per heavy atom. The third-order valence-corrected chi connectivity index (χ3v) is 3.09. The van der Waals surface area contributed by atoms with E-state index >= 15 is 0 Å². The number of rotatable bonds is 6. The van der Waals surface area contributed by atoms with Crippen LogP contribution in [0.3, 0.4) is 0 Å². The van der Waals surface area contributed by atoms with Gasteiger partial charge in [0.05, 0.1) is 12.2 Å². The first-order valence-electron chi connectivity index (χ1n) is 6.49. The smallest absolute Gasteiger partial charge is 0.221 e. The average molecular weight is 235 g/mol. The highest BCUT2D eigenvalue weighted by atomic mass is 16.5. The lowest BCUT2D eigenvalue weighted by atomic mass is 10.2. The van der Waals surface area contributed by atoms with Crippen molar-refractivity contribution in [1.29, 1.82) is 0 Å². The van der Waals surface area contributed by atoms with Crippen molar-refractivity contribution >= 4 is 5.82 Å². The molecule has 94 valence electrons. The van der Waals surface area contributed by atoms with Crippen LogP contribution in [-0.2, 0) is 0 Å². The second-order valence-electron chi connectivity index (χ2n) is 4.73. The second-order valence-corrected chi connectivity index (χ2v) is 4.73. The molecule has 1 aliphatic carbocycles. The molecule has 1 fully saturated rings. The number of hydrogen-bond donors (Lipinski definition) is 1. The fourth-order valence-corrected chi connectivity index (χ4v) is 1.72. The third-order valence-electron chi connectivity index (χ3n) is 3.09. The van der Waals surface area contributed by atoms with Crippen molar-refractivity contribution in [3.63, 3.8) is 0 Å². The molecular weight excluding hydrogens is 214 g/mol. The summed E-state index contributed by atoms with van der Waals surface area (Å²) in [5.74, 6) is 2.61. The lowest BCUT2D eigenvalue weighted by Gasteiger charge is -2.10. The van der Waals surface area contributed by atoms with E-state index in [0.717, 1.165) is 24.4 Å². The van der Waals surface area contributed by atoms with E-state index in [0.29, 0.717) is 17.6 Å². The van der Waals surface area contributed by atoms with Gasteiger partial charge in [0.1, 0.15) is 11.6 Å². The maximum atomic E-state index is 5.89. The van der Waals surface area contributed by atoms with Crippen LogP contribution in [-0.4, -0.2) is 16.6 Å². The first-order chi connectivity index (χ1) is 8.22. The van der Waals surface area contributed by atoms with Crippen LogP contribution < -0.4 is 10.5 Å². The summed E-state index contributed by atoms with van der Waals surface area (Å²) in [7, 11) is 0. The minimum Gasteiger partial charge on any atom is -0.477 e. The summed E-state index contributed by atoms with van der Waals surface area (Å²) in [5, 5.41) is 0. The Morgan fingerprint density at radius 2 is 2.06 bits per heavy atom. The fraction of sp³-hybridized carbons (Fsp3) is 0.692. The standard InChI is InChI=1S/C13H21N3O/c1-3-4-5-8-17-13-9(2)11(14)15-12(16-13)10-6-7-10/h10H,3-8H2,1-2H3,(H2,14,15,16). The number of nitrogens with two attached hydrogens (primary N) is 1. The maximum Gasteiger partial charge on any atom is 0.221 e. The molecule has 0 bridgehead atoms. The normalized spacial score (nSPS) is 14.9. The first kappa shape index (κ1) is 12.1. The lowest BCUT2D eigenvalue weighted by molar-refractivity contribution is 0.291. The van der Waals surface area contributed by atoms with Crippen LogP contribution in [0.5, 0.6) is 5.88 Å². The van der Waals surface area contributed by atoms with Gasteiger partial charge >= 0.3 is 0 Å². The van der Waals surface area contributed by atoms with Gasteiger partial charge < -0.3 is 10.5 Å². The Balaban J connectivity index is 2.03. The number of nitrogens with zero attached hydrogens (tertiary/aromatic N) is 2. The molecule has 0 radical (unpaired) electrons. The minimum absolute atomic E-state index is 0.510. The minimum atomic E-state index is 0.510. The number of nitrogen functional groups attached to an aromatic ring is 1. The second kappa shape index (κ2) is 5.34. The van der Waals surface area contributed by atoms with Crippen LogP contribution in [0.1, 0.15) is 56.3 Å². The molecule has 1 heterocycles. The Labute approximate surface area is 103 Å². The summed E-state index contributed by atoms with van der Waals surface area (Å²) in [5.41, 5.74) is 6.75. The highest BCUT2D eigenvalue weighted by Crippen LogP contribution is 2.39. The largest absolute Gasteiger partial charge is 0.477 e. The fourth-order valence-electron chi connectivity index (χ4n) is 1.72. The number of anilines is 1. The Morgan fingerprint density at radius 1 is 1.29 bits per heavy atom. The van der Waals surface area contributed by atoms with Gasteiger partial charge in [-0.25, -0.2) is 4.98 Å². The van der Waals surface area contributed by atoms with Gasteiger partial charge in [-0.15, -0.1) is 0 Å². The molecule has 4 heteroatoms. The van der Waals surface area contributed by atoms with Gasteiger partial charge in [-0.1, -0.05) is 19.8 Å². The van der Waals surface area contributed by atoms with Crippen molar-refractivity contribution in [2.75, 3.05) is 12.3 Å². The molecule has 4 nitrogen and oxygen atoms in total. The number of aromatic nitrogens is 2. The molecule has 0 aromatic carbocycles. The Hall–Kier alpha value is -1.32. The molecule has 17 heavy (non-hydrogen) atoms. The number of unbranched alkanes of at least 4 members (excludes halogenated alkanes) is 2. The molecule has 0 spiro atoms. The van der Waals surface area contributed by atoms with Crippen molar-refractivity contribution in [2.24, 2.45) is 0 Å². The predicted octanol–water partition coefficient (Wildman–Crippen LogP) is 2.81. The van der Waals surface area contributed by atoms with E-state index in [9.17, 15) is 0 Å². The zero-order valence-corrected chi connectivity index (χ0v) is 10.7. The van der Waals surface area contributed by atoms with Crippen molar-refractivity contribution in [3.05, 3.63) is 11.4 Å². The summed E-state index contributed by atoms with van der Waals surface area (Å²) in [6.07, 6.45) is 5.81. The highest BCUT2D eigenvalue weighted by Gasteiger charge is 2.28. The molecule has 1 aromatic heterocycles. The van der Waals surface area contributed by atoms with Crippen LogP contribution in [0.25, 0.3) is 0 Å². The van der Waals surface area contributed by atoms with Crippen molar-refractivity contribution in [1.82, 2.24) is 9.97 Å². The lowest BCUT2D eigenvalue weighted by Crippen LogP contribution is -2.07. The van der Waals surface area contributed by atoms with E-state index in [1.54, 1.807) is 0 Å². The molecule has 2 N–H and O–H groups in total. The van der Waals surface area contributed by atoms with E-state index in [1.807, 2.05) is 6.92 Å². The first-order valence-corrected chi connectivity index (χ1v) is 6.49. The van der Waals surface area contributed by atoms with Crippen LogP contribution in [0.2, 0.25) is 0 Å². The predicted molar refractivity (Wildman–Crippen MR) is 68.2 cm³/mol. The topological polar surface area (TPSA) is 61.0 Å². The molecule has 0 unspecified atom stereocenters. The van der Waals surface area contributed by atoms with Crippen LogP contribution in [0.4, 0.5) is 5.82 Å². The van der Waals surface area contributed by atoms with Gasteiger partial charge in [0.15, 0.2) is 0 Å². The summed E-state index contributed by atoms with van der Waals surface area (Å²) in [6, 6.07) is 0. The zero-order chi connectivity index (χ0) is 12.3. The Bertz CT molecular complexity index is 388. The van der Waals surface area contributed by atoms with E-state index in [2.05, 4.69) is 16.9 Å². The van der Waals surface area contributed by atoms with Crippen LogP contribution in [0, 0.1) is 6.92 Å². The highest BCUT2D eigenvalue weighted by molar-refractivity contribution is 5.45. The zero-order valence-electron chi connectivity index (χ0n) is 10.7. The quantitative estimate of drug-likeness (QED) is 0.770. The third kappa shape index (κ3) is 3.08. The summed E-state index contributed by atoms with van der Waals surface area (Å²) in [6.45, 7) is 4.82. The molecular formula is C13H21N3O. The molecule has 0 saturated heterocycles. The monoisotopic (exact) mass is 235 g/mol.